The van der Waals surface area contributed by atoms with Gasteiger partial charge in [-0.15, -0.1) is 0 Å². The highest BCUT2D eigenvalue weighted by Crippen LogP contribution is 2.38. The number of aldehydes is 1. The Labute approximate surface area is 91.0 Å². The van der Waals surface area contributed by atoms with Gasteiger partial charge in [-0.1, -0.05) is 12.1 Å². The van der Waals surface area contributed by atoms with E-state index in [0.717, 1.165) is 6.07 Å². The molecule has 0 unspecified atom stereocenters. The van der Waals surface area contributed by atoms with Gasteiger partial charge in [0.05, 0.1) is 6.10 Å². The highest BCUT2D eigenvalue weighted by molar-refractivity contribution is 5.79. The molecule has 1 rings (SSSR count). The van der Waals surface area contributed by atoms with Crippen molar-refractivity contribution in [3.63, 3.8) is 0 Å². The van der Waals surface area contributed by atoms with Crippen molar-refractivity contribution >= 4 is 6.29 Å². The lowest BCUT2D eigenvalue weighted by molar-refractivity contribution is -0.139. The fourth-order valence-electron chi connectivity index (χ4n) is 1.30. The van der Waals surface area contributed by atoms with Crippen molar-refractivity contribution in [2.24, 2.45) is 0 Å². The molecule has 16 heavy (non-hydrogen) atoms. The summed E-state index contributed by atoms with van der Waals surface area (Å²) in [6.45, 7) is 3.24. The van der Waals surface area contributed by atoms with Gasteiger partial charge in [0.15, 0.2) is 6.29 Å². The summed E-state index contributed by atoms with van der Waals surface area (Å²) >= 11 is 0. The smallest absolute Gasteiger partial charge is 0.420 e. The summed E-state index contributed by atoms with van der Waals surface area (Å²) in [4.78, 5) is 10.6. The first-order valence-electron chi connectivity index (χ1n) is 4.68. The van der Waals surface area contributed by atoms with Crippen LogP contribution in [0.15, 0.2) is 18.2 Å². The van der Waals surface area contributed by atoms with E-state index in [4.69, 9.17) is 4.74 Å². The molecule has 0 aliphatic rings. The van der Waals surface area contributed by atoms with Gasteiger partial charge >= 0.3 is 6.18 Å². The fourth-order valence-corrected chi connectivity index (χ4v) is 1.30. The molecule has 2 nitrogen and oxygen atoms in total. The Morgan fingerprint density at radius 2 is 1.94 bits per heavy atom. The van der Waals surface area contributed by atoms with Gasteiger partial charge < -0.3 is 4.74 Å². The molecule has 0 saturated carbocycles. The quantitative estimate of drug-likeness (QED) is 0.747. The Morgan fingerprint density at radius 3 is 2.38 bits per heavy atom. The molecule has 0 atom stereocenters. The van der Waals surface area contributed by atoms with Crippen molar-refractivity contribution in [2.75, 3.05) is 0 Å². The zero-order chi connectivity index (χ0) is 12.3. The molecule has 0 heterocycles. The van der Waals surface area contributed by atoms with Crippen LogP contribution in [0, 0.1) is 0 Å². The summed E-state index contributed by atoms with van der Waals surface area (Å²) in [5, 5.41) is 0. The van der Waals surface area contributed by atoms with Gasteiger partial charge in [0.25, 0.3) is 0 Å². The van der Waals surface area contributed by atoms with Crippen LogP contribution in [0.4, 0.5) is 13.2 Å². The molecule has 0 spiro atoms. The second-order valence-electron chi connectivity index (χ2n) is 3.50. The third-order valence-electron chi connectivity index (χ3n) is 1.83. The fraction of sp³-hybridized carbons (Fsp3) is 0.364. The number of benzene rings is 1. The summed E-state index contributed by atoms with van der Waals surface area (Å²) in [5.41, 5.74) is -1.43. The number of alkyl halides is 3. The zero-order valence-electron chi connectivity index (χ0n) is 8.84. The van der Waals surface area contributed by atoms with E-state index in [0.29, 0.717) is 0 Å². The van der Waals surface area contributed by atoms with E-state index < -0.39 is 17.3 Å². The number of carbonyl (C=O) groups excluding carboxylic acids is 1. The molecular formula is C11H11F3O2. The molecule has 88 valence electrons. The first-order valence-corrected chi connectivity index (χ1v) is 4.68. The van der Waals surface area contributed by atoms with Crippen LogP contribution in [-0.4, -0.2) is 12.4 Å². The van der Waals surface area contributed by atoms with Gasteiger partial charge in [-0.3, -0.25) is 4.79 Å². The van der Waals surface area contributed by atoms with E-state index >= 15 is 0 Å². The molecule has 0 radical (unpaired) electrons. The van der Waals surface area contributed by atoms with Crippen LogP contribution in [-0.2, 0) is 6.18 Å². The first kappa shape index (κ1) is 12.5. The number of halogens is 3. The van der Waals surface area contributed by atoms with Crippen LogP contribution in [0.25, 0.3) is 0 Å². The Hall–Kier alpha value is -1.52. The van der Waals surface area contributed by atoms with E-state index in [1.807, 2.05) is 0 Å². The Kier molecular flexibility index (Phi) is 3.57. The van der Waals surface area contributed by atoms with Gasteiger partial charge in [0.1, 0.15) is 11.3 Å². The monoisotopic (exact) mass is 232 g/mol. The van der Waals surface area contributed by atoms with Crippen LogP contribution in [0.1, 0.15) is 29.8 Å². The number of hydrogen-bond acceptors (Lipinski definition) is 2. The third kappa shape index (κ3) is 2.74. The van der Waals surface area contributed by atoms with Crippen LogP contribution in [0.3, 0.4) is 0 Å². The molecule has 0 aliphatic carbocycles. The van der Waals surface area contributed by atoms with Crippen LogP contribution >= 0.6 is 0 Å². The predicted molar refractivity (Wildman–Crippen MR) is 52.6 cm³/mol. The second-order valence-corrected chi connectivity index (χ2v) is 3.50. The first-order chi connectivity index (χ1) is 7.36. The van der Waals surface area contributed by atoms with Gasteiger partial charge in [0.2, 0.25) is 0 Å². The SMILES string of the molecule is CC(C)Oc1cccc(C=O)c1C(F)(F)F. The second kappa shape index (κ2) is 4.55. The summed E-state index contributed by atoms with van der Waals surface area (Å²) in [6.07, 6.45) is -4.81. The lowest BCUT2D eigenvalue weighted by Gasteiger charge is -2.17. The molecule has 1 aromatic rings. The van der Waals surface area contributed by atoms with Crippen molar-refractivity contribution in [3.8, 4) is 5.75 Å². The largest absolute Gasteiger partial charge is 0.490 e. The Morgan fingerprint density at radius 1 is 1.31 bits per heavy atom. The van der Waals surface area contributed by atoms with Crippen LogP contribution in [0.2, 0.25) is 0 Å². The van der Waals surface area contributed by atoms with Crippen molar-refractivity contribution < 1.29 is 22.7 Å². The average Bonchev–Trinajstić information content (AvgIpc) is 2.14. The normalized spacial score (nSPS) is 11.6. The van der Waals surface area contributed by atoms with Crippen molar-refractivity contribution in [1.29, 1.82) is 0 Å². The van der Waals surface area contributed by atoms with Gasteiger partial charge in [-0.05, 0) is 19.9 Å². The lowest BCUT2D eigenvalue weighted by Crippen LogP contribution is -2.15. The van der Waals surface area contributed by atoms with Crippen LogP contribution in [0.5, 0.6) is 5.75 Å². The minimum atomic E-state index is -4.60. The Balaban J connectivity index is 3.32. The van der Waals surface area contributed by atoms with Gasteiger partial charge in [-0.25, -0.2) is 0 Å². The van der Waals surface area contributed by atoms with Gasteiger partial charge in [0, 0.05) is 5.56 Å². The number of rotatable bonds is 3. The van der Waals surface area contributed by atoms with Gasteiger partial charge in [-0.2, -0.15) is 13.2 Å². The molecule has 0 bridgehead atoms. The number of hydrogen-bond donors (Lipinski definition) is 0. The highest BCUT2D eigenvalue weighted by Gasteiger charge is 2.37. The maximum absolute atomic E-state index is 12.7. The highest BCUT2D eigenvalue weighted by atomic mass is 19.4. The maximum atomic E-state index is 12.7. The minimum Gasteiger partial charge on any atom is -0.490 e. The summed E-state index contributed by atoms with van der Waals surface area (Å²) in [6, 6.07) is 3.68. The molecule has 5 heteroatoms. The zero-order valence-corrected chi connectivity index (χ0v) is 8.84. The van der Waals surface area contributed by atoms with E-state index in [1.165, 1.54) is 12.1 Å². The molecule has 0 N–H and O–H groups in total. The van der Waals surface area contributed by atoms with E-state index in [-0.39, 0.29) is 18.1 Å². The summed E-state index contributed by atoms with van der Waals surface area (Å²) < 4.78 is 43.2. The number of ether oxygens (including phenoxy) is 1. The van der Waals surface area contributed by atoms with Crippen LogP contribution < -0.4 is 4.74 Å². The minimum absolute atomic E-state index is 0.177. The Bertz CT molecular complexity index is 383. The van der Waals surface area contributed by atoms with E-state index in [1.54, 1.807) is 13.8 Å². The third-order valence-corrected chi connectivity index (χ3v) is 1.83. The number of carbonyl (C=O) groups is 1. The van der Waals surface area contributed by atoms with E-state index in [2.05, 4.69) is 0 Å². The molecule has 0 aliphatic heterocycles. The van der Waals surface area contributed by atoms with Crippen molar-refractivity contribution in [2.45, 2.75) is 26.1 Å². The topological polar surface area (TPSA) is 26.3 Å². The molecular weight excluding hydrogens is 221 g/mol. The maximum Gasteiger partial charge on any atom is 0.420 e. The molecule has 1 aromatic carbocycles. The molecule has 0 fully saturated rings. The summed E-state index contributed by atoms with van der Waals surface area (Å²) in [5.74, 6) is -0.313. The lowest BCUT2D eigenvalue weighted by atomic mass is 10.1. The summed E-state index contributed by atoms with van der Waals surface area (Å²) in [7, 11) is 0. The molecule has 0 aromatic heterocycles. The average molecular weight is 232 g/mol. The standard InChI is InChI=1S/C11H11F3O2/c1-7(2)16-9-5-3-4-8(6-15)10(9)11(12,13)14/h3-7H,1-2H3. The molecule has 0 saturated heterocycles. The van der Waals surface area contributed by atoms with E-state index in [9.17, 15) is 18.0 Å². The molecule has 0 amide bonds. The van der Waals surface area contributed by atoms with Crippen molar-refractivity contribution in [1.82, 2.24) is 0 Å². The predicted octanol–water partition coefficient (Wildman–Crippen LogP) is 3.31. The van der Waals surface area contributed by atoms with Crippen molar-refractivity contribution in [3.05, 3.63) is 29.3 Å².